The highest BCUT2D eigenvalue weighted by Crippen LogP contribution is 2.18. The lowest BCUT2D eigenvalue weighted by atomic mass is 10.0. The first-order valence-corrected chi connectivity index (χ1v) is 5.88. The molecule has 0 fully saturated rings. The van der Waals surface area contributed by atoms with Gasteiger partial charge in [-0.1, -0.05) is 23.7 Å². The molecule has 0 saturated carbocycles. The van der Waals surface area contributed by atoms with Crippen LogP contribution in [0.2, 0.25) is 5.02 Å². The van der Waals surface area contributed by atoms with Crippen molar-refractivity contribution in [2.24, 2.45) is 0 Å². The predicted octanol–water partition coefficient (Wildman–Crippen LogP) is 3.23. The van der Waals surface area contributed by atoms with E-state index in [2.05, 4.69) is 4.98 Å². The van der Waals surface area contributed by atoms with Gasteiger partial charge in [-0.3, -0.25) is 9.78 Å². The van der Waals surface area contributed by atoms with Gasteiger partial charge in [-0.2, -0.15) is 0 Å². The maximum absolute atomic E-state index is 13.6. The van der Waals surface area contributed by atoms with Gasteiger partial charge < -0.3 is 0 Å². The van der Waals surface area contributed by atoms with Crippen LogP contribution in [0, 0.1) is 5.82 Å². The third-order valence-electron chi connectivity index (χ3n) is 2.57. The molecule has 0 N–H and O–H groups in total. The average molecular weight is 264 g/mol. The van der Waals surface area contributed by atoms with Crippen LogP contribution in [0.3, 0.4) is 0 Å². The van der Waals surface area contributed by atoms with Gasteiger partial charge in [0.15, 0.2) is 0 Å². The summed E-state index contributed by atoms with van der Waals surface area (Å²) in [6.07, 6.45) is 3.58. The van der Waals surface area contributed by atoms with Crippen molar-refractivity contribution < 1.29 is 9.18 Å². The van der Waals surface area contributed by atoms with Crippen LogP contribution in [0.4, 0.5) is 4.39 Å². The summed E-state index contributed by atoms with van der Waals surface area (Å²) in [5, 5.41) is 0.0456. The zero-order valence-corrected chi connectivity index (χ0v) is 10.3. The van der Waals surface area contributed by atoms with Gasteiger partial charge in [-0.15, -0.1) is 0 Å². The summed E-state index contributed by atoms with van der Waals surface area (Å²) in [6, 6.07) is 8.22. The summed E-state index contributed by atoms with van der Waals surface area (Å²) in [5.41, 5.74) is 1.21. The molecule has 1 aromatic carbocycles. The number of carbonyl (C=O) groups excluding carboxylic acids is 1. The van der Waals surface area contributed by atoms with Crippen molar-refractivity contribution in [2.75, 3.05) is 0 Å². The largest absolute Gasteiger partial charge is 0.299 e. The molecule has 92 valence electrons. The Morgan fingerprint density at radius 2 is 1.89 bits per heavy atom. The second kappa shape index (κ2) is 5.74. The molecule has 0 amide bonds. The van der Waals surface area contributed by atoms with E-state index in [9.17, 15) is 9.18 Å². The van der Waals surface area contributed by atoms with Gasteiger partial charge in [-0.05, 0) is 29.3 Å². The van der Waals surface area contributed by atoms with E-state index in [4.69, 9.17) is 11.6 Å². The molecule has 2 aromatic rings. The number of halogens is 2. The molecular formula is C14H11ClFNO. The molecular weight excluding hydrogens is 253 g/mol. The van der Waals surface area contributed by atoms with Crippen molar-refractivity contribution in [1.29, 1.82) is 0 Å². The fourth-order valence-corrected chi connectivity index (χ4v) is 1.88. The van der Waals surface area contributed by atoms with Crippen molar-refractivity contribution in [3.05, 3.63) is 64.7 Å². The topological polar surface area (TPSA) is 30.0 Å². The van der Waals surface area contributed by atoms with Crippen LogP contribution >= 0.6 is 11.6 Å². The van der Waals surface area contributed by atoms with Crippen molar-refractivity contribution in [3.8, 4) is 0 Å². The summed E-state index contributed by atoms with van der Waals surface area (Å²) in [5.74, 6) is -0.565. The van der Waals surface area contributed by atoms with Gasteiger partial charge in [0, 0.05) is 25.2 Å². The number of Topliss-reactive ketones (excluding diaryl/α,β-unsaturated/α-hetero) is 1. The highest BCUT2D eigenvalue weighted by molar-refractivity contribution is 6.30. The molecule has 0 aliphatic carbocycles. The Labute approximate surface area is 109 Å². The average Bonchev–Trinajstić information content (AvgIpc) is 2.36. The van der Waals surface area contributed by atoms with Crippen LogP contribution in [0.25, 0.3) is 0 Å². The lowest BCUT2D eigenvalue weighted by Crippen LogP contribution is -2.08. The maximum Gasteiger partial charge on any atom is 0.145 e. The Kier molecular flexibility index (Phi) is 4.05. The highest BCUT2D eigenvalue weighted by Gasteiger charge is 2.11. The zero-order valence-electron chi connectivity index (χ0n) is 9.57. The van der Waals surface area contributed by atoms with Crippen LogP contribution in [0.5, 0.6) is 0 Å². The third kappa shape index (κ3) is 3.14. The molecule has 18 heavy (non-hydrogen) atoms. The number of hydrogen-bond acceptors (Lipinski definition) is 2. The normalized spacial score (nSPS) is 10.3. The van der Waals surface area contributed by atoms with E-state index in [0.29, 0.717) is 5.56 Å². The first-order valence-electron chi connectivity index (χ1n) is 5.50. The molecule has 0 radical (unpaired) electrons. The summed E-state index contributed by atoms with van der Waals surface area (Å²) >= 11 is 5.66. The second-order valence-corrected chi connectivity index (χ2v) is 4.37. The minimum absolute atomic E-state index is 0.0456. The molecule has 1 heterocycles. The maximum atomic E-state index is 13.6. The molecule has 0 aliphatic heterocycles. The highest BCUT2D eigenvalue weighted by atomic mass is 35.5. The molecule has 1 aromatic heterocycles. The van der Waals surface area contributed by atoms with E-state index in [1.165, 1.54) is 6.07 Å². The molecule has 0 spiro atoms. The minimum atomic E-state index is -0.512. The zero-order chi connectivity index (χ0) is 13.0. The molecule has 4 heteroatoms. The Bertz CT molecular complexity index is 557. The van der Waals surface area contributed by atoms with Gasteiger partial charge in [0.1, 0.15) is 11.6 Å². The van der Waals surface area contributed by atoms with Gasteiger partial charge >= 0.3 is 0 Å². The summed E-state index contributed by atoms with van der Waals surface area (Å²) in [6.45, 7) is 0. The van der Waals surface area contributed by atoms with Crippen molar-refractivity contribution in [2.45, 2.75) is 12.8 Å². The quantitative estimate of drug-likeness (QED) is 0.848. The first kappa shape index (κ1) is 12.7. The molecule has 2 nitrogen and oxygen atoms in total. The standard InChI is InChI=1S/C14H11ClFNO/c15-13-3-1-2-11(14(13)16)9-12(18)8-10-4-6-17-7-5-10/h1-7H,8-9H2. The van der Waals surface area contributed by atoms with Crippen LogP contribution in [-0.4, -0.2) is 10.8 Å². The van der Waals surface area contributed by atoms with Crippen molar-refractivity contribution in [3.63, 3.8) is 0 Å². The van der Waals surface area contributed by atoms with Gasteiger partial charge in [-0.25, -0.2) is 4.39 Å². The van der Waals surface area contributed by atoms with E-state index in [-0.39, 0.29) is 23.6 Å². The molecule has 0 atom stereocenters. The fourth-order valence-electron chi connectivity index (χ4n) is 1.69. The number of rotatable bonds is 4. The molecule has 2 rings (SSSR count). The van der Waals surface area contributed by atoms with Crippen molar-refractivity contribution in [1.82, 2.24) is 4.98 Å². The molecule has 0 bridgehead atoms. The number of pyridine rings is 1. The van der Waals surface area contributed by atoms with E-state index < -0.39 is 5.82 Å². The third-order valence-corrected chi connectivity index (χ3v) is 2.86. The second-order valence-electron chi connectivity index (χ2n) is 3.96. The summed E-state index contributed by atoms with van der Waals surface area (Å²) in [7, 11) is 0. The van der Waals surface area contributed by atoms with Crippen LogP contribution in [-0.2, 0) is 17.6 Å². The number of ketones is 1. The van der Waals surface area contributed by atoms with Crippen LogP contribution in [0.1, 0.15) is 11.1 Å². The van der Waals surface area contributed by atoms with Crippen LogP contribution < -0.4 is 0 Å². The van der Waals surface area contributed by atoms with E-state index >= 15 is 0 Å². The minimum Gasteiger partial charge on any atom is -0.299 e. The van der Waals surface area contributed by atoms with Gasteiger partial charge in [0.2, 0.25) is 0 Å². The number of carbonyl (C=O) groups is 1. The predicted molar refractivity (Wildman–Crippen MR) is 68.1 cm³/mol. The Balaban J connectivity index is 2.06. The first-order chi connectivity index (χ1) is 8.66. The molecule has 0 aliphatic rings. The Morgan fingerprint density at radius 1 is 1.17 bits per heavy atom. The number of nitrogens with zero attached hydrogens (tertiary/aromatic N) is 1. The van der Waals surface area contributed by atoms with Crippen LogP contribution in [0.15, 0.2) is 42.7 Å². The number of hydrogen-bond donors (Lipinski definition) is 0. The van der Waals surface area contributed by atoms with E-state index in [1.54, 1.807) is 36.7 Å². The van der Waals surface area contributed by atoms with Crippen molar-refractivity contribution >= 4 is 17.4 Å². The Hall–Kier alpha value is -1.74. The SMILES string of the molecule is O=C(Cc1ccncc1)Cc1cccc(Cl)c1F. The fraction of sp³-hybridized carbons (Fsp3) is 0.143. The lowest BCUT2D eigenvalue weighted by Gasteiger charge is -2.04. The van der Waals surface area contributed by atoms with Gasteiger partial charge in [0.25, 0.3) is 0 Å². The Morgan fingerprint density at radius 3 is 2.61 bits per heavy atom. The van der Waals surface area contributed by atoms with E-state index in [1.807, 2.05) is 0 Å². The molecule has 0 saturated heterocycles. The van der Waals surface area contributed by atoms with E-state index in [0.717, 1.165) is 5.56 Å². The smallest absolute Gasteiger partial charge is 0.145 e. The summed E-state index contributed by atoms with van der Waals surface area (Å²) < 4.78 is 13.6. The summed E-state index contributed by atoms with van der Waals surface area (Å²) in [4.78, 5) is 15.7. The lowest BCUT2D eigenvalue weighted by molar-refractivity contribution is -0.117. The number of aromatic nitrogens is 1. The molecule has 0 unspecified atom stereocenters. The monoisotopic (exact) mass is 263 g/mol. The number of benzene rings is 1. The van der Waals surface area contributed by atoms with Gasteiger partial charge in [0.05, 0.1) is 5.02 Å².